The predicted octanol–water partition coefficient (Wildman–Crippen LogP) is 2.86. The Balaban J connectivity index is 1.74. The molecule has 0 aliphatic heterocycles. The summed E-state index contributed by atoms with van der Waals surface area (Å²) >= 11 is 0. The standard InChI is InChI=1S/C17H20N2/c1-12-7-8-14(19-11-12)10-17(18-2)16-9-13-5-3-4-6-15(13)16/h3-8,11,16-18H,9-10H2,1-2H3. The zero-order valence-electron chi connectivity index (χ0n) is 11.6. The Morgan fingerprint density at radius 1 is 1.26 bits per heavy atom. The molecule has 1 aromatic heterocycles. The number of nitrogens with zero attached hydrogens (tertiary/aromatic N) is 1. The van der Waals surface area contributed by atoms with E-state index in [4.69, 9.17) is 0 Å². The quantitative estimate of drug-likeness (QED) is 0.905. The van der Waals surface area contributed by atoms with Crippen molar-refractivity contribution in [1.82, 2.24) is 10.3 Å². The van der Waals surface area contributed by atoms with E-state index in [1.54, 1.807) is 0 Å². The predicted molar refractivity (Wildman–Crippen MR) is 78.4 cm³/mol. The molecule has 2 aromatic rings. The van der Waals surface area contributed by atoms with Crippen LogP contribution in [0, 0.1) is 6.92 Å². The molecule has 1 aliphatic carbocycles. The molecule has 0 saturated carbocycles. The van der Waals surface area contributed by atoms with Crippen molar-refractivity contribution in [3.05, 3.63) is 65.0 Å². The Hall–Kier alpha value is -1.67. The minimum atomic E-state index is 0.477. The molecular formula is C17H20N2. The van der Waals surface area contributed by atoms with Gasteiger partial charge >= 0.3 is 0 Å². The van der Waals surface area contributed by atoms with Crippen LogP contribution in [0.4, 0.5) is 0 Å². The fourth-order valence-corrected chi connectivity index (χ4v) is 2.95. The maximum Gasteiger partial charge on any atom is 0.0419 e. The number of aromatic nitrogens is 1. The first-order valence-corrected chi connectivity index (χ1v) is 6.94. The molecule has 3 rings (SSSR count). The van der Waals surface area contributed by atoms with Crippen LogP contribution >= 0.6 is 0 Å². The van der Waals surface area contributed by atoms with Crippen molar-refractivity contribution in [2.24, 2.45) is 0 Å². The van der Waals surface area contributed by atoms with E-state index in [9.17, 15) is 0 Å². The van der Waals surface area contributed by atoms with Gasteiger partial charge in [-0.3, -0.25) is 4.98 Å². The normalized spacial score (nSPS) is 18.5. The fraction of sp³-hybridized carbons (Fsp3) is 0.353. The summed E-state index contributed by atoms with van der Waals surface area (Å²) in [4.78, 5) is 4.52. The summed E-state index contributed by atoms with van der Waals surface area (Å²) in [5, 5.41) is 3.47. The number of pyridine rings is 1. The summed E-state index contributed by atoms with van der Waals surface area (Å²) in [6.07, 6.45) is 4.14. The maximum absolute atomic E-state index is 4.52. The summed E-state index contributed by atoms with van der Waals surface area (Å²) < 4.78 is 0. The van der Waals surface area contributed by atoms with Gasteiger partial charge in [0, 0.05) is 30.3 Å². The highest BCUT2D eigenvalue weighted by atomic mass is 14.9. The van der Waals surface area contributed by atoms with Crippen LogP contribution in [0.5, 0.6) is 0 Å². The van der Waals surface area contributed by atoms with Gasteiger partial charge in [-0.15, -0.1) is 0 Å². The Morgan fingerprint density at radius 2 is 2.11 bits per heavy atom. The third kappa shape index (κ3) is 2.41. The third-order valence-corrected chi connectivity index (χ3v) is 4.15. The average Bonchev–Trinajstić information content (AvgIpc) is 2.41. The topological polar surface area (TPSA) is 24.9 Å². The maximum atomic E-state index is 4.52. The molecular weight excluding hydrogens is 232 g/mol. The van der Waals surface area contributed by atoms with Gasteiger partial charge in [-0.2, -0.15) is 0 Å². The van der Waals surface area contributed by atoms with Crippen molar-refractivity contribution in [2.75, 3.05) is 7.05 Å². The van der Waals surface area contributed by atoms with Crippen molar-refractivity contribution >= 4 is 0 Å². The van der Waals surface area contributed by atoms with E-state index >= 15 is 0 Å². The molecule has 1 N–H and O–H groups in total. The number of rotatable bonds is 4. The number of benzene rings is 1. The Labute approximate surface area is 114 Å². The lowest BCUT2D eigenvalue weighted by atomic mass is 9.72. The Kier molecular flexibility index (Phi) is 3.34. The third-order valence-electron chi connectivity index (χ3n) is 4.15. The van der Waals surface area contributed by atoms with E-state index in [-0.39, 0.29) is 0 Å². The van der Waals surface area contributed by atoms with Gasteiger partial charge in [0.1, 0.15) is 0 Å². The summed E-state index contributed by atoms with van der Waals surface area (Å²) in [6.45, 7) is 2.08. The lowest BCUT2D eigenvalue weighted by Gasteiger charge is -2.36. The Bertz CT molecular complexity index is 560. The minimum absolute atomic E-state index is 0.477. The lowest BCUT2D eigenvalue weighted by Crippen LogP contribution is -2.39. The van der Waals surface area contributed by atoms with Crippen molar-refractivity contribution in [2.45, 2.75) is 31.7 Å². The van der Waals surface area contributed by atoms with Gasteiger partial charge in [-0.05, 0) is 43.1 Å². The number of aryl methyl sites for hydroxylation is 1. The second-order valence-corrected chi connectivity index (χ2v) is 5.44. The first-order chi connectivity index (χ1) is 9.28. The van der Waals surface area contributed by atoms with Crippen molar-refractivity contribution in [1.29, 1.82) is 0 Å². The van der Waals surface area contributed by atoms with Crippen LogP contribution in [0.1, 0.15) is 28.3 Å². The van der Waals surface area contributed by atoms with Gasteiger partial charge in [-0.25, -0.2) is 0 Å². The molecule has 0 radical (unpaired) electrons. The largest absolute Gasteiger partial charge is 0.316 e. The van der Waals surface area contributed by atoms with E-state index in [1.807, 2.05) is 6.20 Å². The molecule has 2 nitrogen and oxygen atoms in total. The lowest BCUT2D eigenvalue weighted by molar-refractivity contribution is 0.419. The zero-order valence-corrected chi connectivity index (χ0v) is 11.6. The van der Waals surface area contributed by atoms with Crippen LogP contribution < -0.4 is 5.32 Å². The Morgan fingerprint density at radius 3 is 2.79 bits per heavy atom. The first-order valence-electron chi connectivity index (χ1n) is 6.94. The molecule has 2 unspecified atom stereocenters. The molecule has 0 fully saturated rings. The molecule has 19 heavy (non-hydrogen) atoms. The smallest absolute Gasteiger partial charge is 0.0419 e. The first kappa shape index (κ1) is 12.4. The van der Waals surface area contributed by atoms with Gasteiger partial charge in [0.15, 0.2) is 0 Å². The van der Waals surface area contributed by atoms with Crippen LogP contribution in [0.15, 0.2) is 42.6 Å². The molecule has 1 aromatic carbocycles. The molecule has 0 amide bonds. The second-order valence-electron chi connectivity index (χ2n) is 5.44. The van der Waals surface area contributed by atoms with Gasteiger partial charge in [0.2, 0.25) is 0 Å². The van der Waals surface area contributed by atoms with Crippen LogP contribution in [-0.2, 0) is 12.8 Å². The summed E-state index contributed by atoms with van der Waals surface area (Å²) in [5.74, 6) is 0.629. The zero-order chi connectivity index (χ0) is 13.2. The van der Waals surface area contributed by atoms with Gasteiger partial charge in [0.05, 0.1) is 0 Å². The number of hydrogen-bond acceptors (Lipinski definition) is 2. The molecule has 2 heteroatoms. The SMILES string of the molecule is CNC(Cc1ccc(C)cn1)C1Cc2ccccc21. The number of fused-ring (bicyclic) bond motifs is 1. The average molecular weight is 252 g/mol. The van der Waals surface area contributed by atoms with Crippen LogP contribution in [0.25, 0.3) is 0 Å². The van der Waals surface area contributed by atoms with E-state index in [1.165, 1.54) is 28.8 Å². The van der Waals surface area contributed by atoms with Crippen molar-refractivity contribution in [3.8, 4) is 0 Å². The molecule has 0 bridgehead atoms. The number of nitrogens with one attached hydrogen (secondary N) is 1. The van der Waals surface area contributed by atoms with Crippen LogP contribution in [-0.4, -0.2) is 18.1 Å². The molecule has 98 valence electrons. The minimum Gasteiger partial charge on any atom is -0.316 e. The van der Waals surface area contributed by atoms with Crippen LogP contribution in [0.2, 0.25) is 0 Å². The summed E-state index contributed by atoms with van der Waals surface area (Å²) in [7, 11) is 2.06. The van der Waals surface area contributed by atoms with Gasteiger partial charge < -0.3 is 5.32 Å². The molecule has 0 spiro atoms. The monoisotopic (exact) mass is 252 g/mol. The molecule has 1 aliphatic rings. The van der Waals surface area contributed by atoms with Crippen LogP contribution in [0.3, 0.4) is 0 Å². The van der Waals surface area contributed by atoms with Gasteiger partial charge in [0.25, 0.3) is 0 Å². The fourth-order valence-electron chi connectivity index (χ4n) is 2.95. The van der Waals surface area contributed by atoms with E-state index in [2.05, 4.69) is 60.7 Å². The number of likely N-dealkylation sites (N-methyl/N-ethyl adjacent to an activating group) is 1. The van der Waals surface area contributed by atoms with Crippen molar-refractivity contribution < 1.29 is 0 Å². The number of hydrogen-bond donors (Lipinski definition) is 1. The highest BCUT2D eigenvalue weighted by Gasteiger charge is 2.31. The highest BCUT2D eigenvalue weighted by Crippen LogP contribution is 2.37. The molecule has 0 saturated heterocycles. The van der Waals surface area contributed by atoms with E-state index in [0.717, 1.165) is 6.42 Å². The molecule has 2 atom stereocenters. The van der Waals surface area contributed by atoms with E-state index in [0.29, 0.717) is 12.0 Å². The van der Waals surface area contributed by atoms with E-state index < -0.39 is 0 Å². The second kappa shape index (κ2) is 5.14. The summed E-state index contributed by atoms with van der Waals surface area (Å²) in [6, 6.07) is 13.5. The van der Waals surface area contributed by atoms with Crippen molar-refractivity contribution in [3.63, 3.8) is 0 Å². The molecule has 1 heterocycles. The summed E-state index contributed by atoms with van der Waals surface area (Å²) in [5.41, 5.74) is 5.41. The van der Waals surface area contributed by atoms with Gasteiger partial charge in [-0.1, -0.05) is 30.3 Å². The highest BCUT2D eigenvalue weighted by molar-refractivity contribution is 5.41.